The highest BCUT2D eigenvalue weighted by Crippen LogP contribution is 1.81. The Morgan fingerprint density at radius 1 is 1.75 bits per heavy atom. The molecule has 0 aromatic heterocycles. The van der Waals surface area contributed by atoms with Crippen molar-refractivity contribution in [2.24, 2.45) is 0 Å². The molecule has 1 heteroatoms. The predicted molar refractivity (Wildman–Crippen MR) is 37.3 cm³/mol. The Hall–Kier alpha value is -0.560. The third-order valence-corrected chi connectivity index (χ3v) is 0.640. The van der Waals surface area contributed by atoms with Crippen LogP contribution in [-0.4, -0.2) is 6.54 Å². The Morgan fingerprint density at radius 2 is 2.38 bits per heavy atom. The second-order valence-electron chi connectivity index (χ2n) is 1.74. The highest BCUT2D eigenvalue weighted by Gasteiger charge is 1.80. The van der Waals surface area contributed by atoms with Crippen molar-refractivity contribution < 1.29 is 0 Å². The molecule has 8 heavy (non-hydrogen) atoms. The molecule has 0 saturated carbocycles. The van der Waals surface area contributed by atoms with Gasteiger partial charge in [0.2, 0.25) is 0 Å². The maximum Gasteiger partial charge on any atom is 0.0441 e. The van der Waals surface area contributed by atoms with Crippen LogP contribution in [0.1, 0.15) is 6.92 Å². The third kappa shape index (κ3) is 5.44. The van der Waals surface area contributed by atoms with Gasteiger partial charge < -0.3 is 5.32 Å². The molecular weight excluding hydrogens is 98.1 g/mol. The molecule has 0 aromatic rings. The first kappa shape index (κ1) is 7.44. The molecule has 0 aromatic carbocycles. The fourth-order valence-corrected chi connectivity index (χ4v) is 0.316. The normalized spacial score (nSPS) is 8.62. The molecular formula is C7H12N. The van der Waals surface area contributed by atoms with Gasteiger partial charge in [-0.05, 0) is 6.92 Å². The zero-order valence-electron chi connectivity index (χ0n) is 5.28. The molecule has 0 unspecified atom stereocenters. The van der Waals surface area contributed by atoms with E-state index in [1.807, 2.05) is 6.92 Å². The molecule has 45 valence electrons. The monoisotopic (exact) mass is 110 g/mol. The van der Waals surface area contributed by atoms with Crippen LogP contribution in [0.2, 0.25) is 0 Å². The lowest BCUT2D eigenvalue weighted by atomic mass is 10.3. The minimum atomic E-state index is 0.839. The molecule has 0 heterocycles. The number of hydrogen-bond acceptors (Lipinski definition) is 1. The first-order valence-corrected chi connectivity index (χ1v) is 2.59. The van der Waals surface area contributed by atoms with Gasteiger partial charge in [-0.1, -0.05) is 18.2 Å². The van der Waals surface area contributed by atoms with Crippen LogP contribution in [0.4, 0.5) is 0 Å². The average molecular weight is 110 g/mol. The van der Waals surface area contributed by atoms with Crippen molar-refractivity contribution in [2.45, 2.75) is 6.92 Å². The average Bonchev–Trinajstić information content (AvgIpc) is 1.66. The maximum atomic E-state index is 3.71. The minimum absolute atomic E-state index is 0.839. The van der Waals surface area contributed by atoms with Crippen molar-refractivity contribution in [2.75, 3.05) is 6.54 Å². The largest absolute Gasteiger partial charge is 0.305 e. The smallest absolute Gasteiger partial charge is 0.0441 e. The van der Waals surface area contributed by atoms with Crippen LogP contribution < -0.4 is 5.32 Å². The molecule has 0 atom stereocenters. The van der Waals surface area contributed by atoms with E-state index in [0.29, 0.717) is 0 Å². The van der Waals surface area contributed by atoms with Gasteiger partial charge in [-0.25, -0.2) is 0 Å². The van der Waals surface area contributed by atoms with Gasteiger partial charge in [-0.15, -0.1) is 6.58 Å². The van der Waals surface area contributed by atoms with E-state index < -0.39 is 0 Å². The lowest BCUT2D eigenvalue weighted by molar-refractivity contribution is 0.893. The summed E-state index contributed by atoms with van der Waals surface area (Å²) in [7, 11) is 0. The van der Waals surface area contributed by atoms with Crippen LogP contribution in [-0.2, 0) is 0 Å². The Bertz CT molecular complexity index is 84.4. The molecule has 1 radical (unpaired) electrons. The van der Waals surface area contributed by atoms with Crippen molar-refractivity contribution >= 4 is 0 Å². The highest BCUT2D eigenvalue weighted by atomic mass is 14.8. The summed E-state index contributed by atoms with van der Waals surface area (Å²) < 4.78 is 0. The zero-order valence-corrected chi connectivity index (χ0v) is 5.28. The second kappa shape index (κ2) is 4.60. The molecule has 0 amide bonds. The van der Waals surface area contributed by atoms with E-state index in [9.17, 15) is 0 Å². The summed E-state index contributed by atoms with van der Waals surface area (Å²) in [5.41, 5.74) is 1.13. The third-order valence-electron chi connectivity index (χ3n) is 0.640. The Balaban J connectivity index is 2.93. The Morgan fingerprint density at radius 3 is 2.75 bits per heavy atom. The number of nitrogens with one attached hydrogen (secondary N) is 1. The number of hydrogen-bond donors (Lipinski definition) is 1. The molecule has 0 spiro atoms. The molecule has 0 fully saturated rings. The Labute approximate surface area is 51.1 Å². The van der Waals surface area contributed by atoms with Gasteiger partial charge in [0.25, 0.3) is 0 Å². The summed E-state index contributed by atoms with van der Waals surface area (Å²) in [6, 6.07) is 0. The second-order valence-corrected chi connectivity index (χ2v) is 1.74. The van der Waals surface area contributed by atoms with Gasteiger partial charge in [0.15, 0.2) is 0 Å². The summed E-state index contributed by atoms with van der Waals surface area (Å²) in [6.45, 7) is 11.8. The molecule has 0 aliphatic rings. The summed E-state index contributed by atoms with van der Waals surface area (Å²) in [6.07, 6.45) is 1.71. The van der Waals surface area contributed by atoms with Gasteiger partial charge in [0.05, 0.1) is 0 Å². The lowest BCUT2D eigenvalue weighted by Crippen LogP contribution is -2.10. The summed E-state index contributed by atoms with van der Waals surface area (Å²) in [5.74, 6) is 0. The highest BCUT2D eigenvalue weighted by molar-refractivity contribution is 4.94. The van der Waals surface area contributed by atoms with Crippen LogP contribution in [0.15, 0.2) is 24.8 Å². The van der Waals surface area contributed by atoms with Gasteiger partial charge in [0, 0.05) is 13.1 Å². The summed E-state index contributed by atoms with van der Waals surface area (Å²) >= 11 is 0. The van der Waals surface area contributed by atoms with E-state index in [4.69, 9.17) is 0 Å². The van der Waals surface area contributed by atoms with E-state index in [-0.39, 0.29) is 0 Å². The Kier molecular flexibility index (Phi) is 4.27. The van der Waals surface area contributed by atoms with Crippen molar-refractivity contribution in [1.29, 1.82) is 0 Å². The van der Waals surface area contributed by atoms with Crippen molar-refractivity contribution in [3.8, 4) is 0 Å². The van der Waals surface area contributed by atoms with Gasteiger partial charge in [0.1, 0.15) is 0 Å². The fraction of sp³-hybridized carbons (Fsp3) is 0.286. The van der Waals surface area contributed by atoms with Crippen LogP contribution >= 0.6 is 0 Å². The predicted octanol–water partition coefficient (Wildman–Crippen LogP) is 1.50. The summed E-state index contributed by atoms with van der Waals surface area (Å²) in [4.78, 5) is 0. The van der Waals surface area contributed by atoms with Crippen LogP contribution in [0.5, 0.6) is 0 Å². The SMILES string of the molecule is C=C[CH]NCC(=C)C. The first-order chi connectivity index (χ1) is 3.77. The maximum absolute atomic E-state index is 3.71. The zero-order chi connectivity index (χ0) is 6.41. The topological polar surface area (TPSA) is 12.0 Å². The van der Waals surface area contributed by atoms with Crippen molar-refractivity contribution in [1.82, 2.24) is 5.32 Å². The van der Waals surface area contributed by atoms with Crippen molar-refractivity contribution in [3.63, 3.8) is 0 Å². The fourth-order valence-electron chi connectivity index (χ4n) is 0.316. The summed E-state index contributed by atoms with van der Waals surface area (Å²) in [5, 5.41) is 2.99. The van der Waals surface area contributed by atoms with Gasteiger partial charge in [-0.2, -0.15) is 0 Å². The molecule has 1 N–H and O–H groups in total. The quantitative estimate of drug-likeness (QED) is 0.427. The van der Waals surface area contributed by atoms with Gasteiger partial charge >= 0.3 is 0 Å². The van der Waals surface area contributed by atoms with Gasteiger partial charge in [-0.3, -0.25) is 0 Å². The van der Waals surface area contributed by atoms with E-state index >= 15 is 0 Å². The van der Waals surface area contributed by atoms with Crippen LogP contribution in [0, 0.1) is 6.54 Å². The molecule has 0 aliphatic carbocycles. The molecule has 0 bridgehead atoms. The van der Waals surface area contributed by atoms with Crippen LogP contribution in [0.3, 0.4) is 0 Å². The minimum Gasteiger partial charge on any atom is -0.305 e. The van der Waals surface area contributed by atoms with E-state index in [1.54, 1.807) is 12.6 Å². The first-order valence-electron chi connectivity index (χ1n) is 2.59. The molecule has 1 nitrogen and oxygen atoms in total. The molecule has 0 saturated heterocycles. The van der Waals surface area contributed by atoms with E-state index in [0.717, 1.165) is 12.1 Å². The molecule has 0 rings (SSSR count). The van der Waals surface area contributed by atoms with E-state index in [1.165, 1.54) is 0 Å². The number of rotatable bonds is 4. The standard InChI is InChI=1S/C7H12N/c1-4-5-8-6-7(2)3/h4-5,8H,1-2,6H2,3H3. The van der Waals surface area contributed by atoms with Crippen LogP contribution in [0.25, 0.3) is 0 Å². The van der Waals surface area contributed by atoms with E-state index in [2.05, 4.69) is 18.5 Å². The lowest BCUT2D eigenvalue weighted by Gasteiger charge is -1.96. The molecule has 0 aliphatic heterocycles. The van der Waals surface area contributed by atoms with Crippen molar-refractivity contribution in [3.05, 3.63) is 31.4 Å².